The molecule has 3 heteroatoms. The molecule has 0 radical (unpaired) electrons. The molecular weight excluding hydrogens is 166 g/mol. The number of hydrogen-bond donors (Lipinski definition) is 2. The second-order valence-electron chi connectivity index (χ2n) is 4.49. The Kier molecular flexibility index (Phi) is 3.71. The molecule has 2 atom stereocenters. The van der Waals surface area contributed by atoms with Crippen LogP contribution in [-0.4, -0.2) is 30.0 Å². The Hall–Kier alpha value is -0.120. The van der Waals surface area contributed by atoms with Gasteiger partial charge in [0.25, 0.3) is 0 Å². The van der Waals surface area contributed by atoms with Crippen molar-refractivity contribution in [2.24, 2.45) is 11.7 Å². The summed E-state index contributed by atoms with van der Waals surface area (Å²) in [7, 11) is 0. The summed E-state index contributed by atoms with van der Waals surface area (Å²) in [6.07, 6.45) is 3.34. The second-order valence-corrected chi connectivity index (χ2v) is 4.49. The van der Waals surface area contributed by atoms with Crippen molar-refractivity contribution in [3.8, 4) is 0 Å². The summed E-state index contributed by atoms with van der Waals surface area (Å²) < 4.78 is 5.59. The second kappa shape index (κ2) is 4.40. The van der Waals surface area contributed by atoms with Gasteiger partial charge in [0.15, 0.2) is 0 Å². The van der Waals surface area contributed by atoms with E-state index < -0.39 is 5.60 Å². The first-order valence-corrected chi connectivity index (χ1v) is 5.07. The number of aliphatic hydroxyl groups is 1. The Balaban J connectivity index is 2.11. The summed E-state index contributed by atoms with van der Waals surface area (Å²) in [6, 6.07) is 0. The fourth-order valence-corrected chi connectivity index (χ4v) is 1.35. The molecule has 0 aromatic rings. The highest BCUT2D eigenvalue weighted by Gasteiger charge is 2.25. The van der Waals surface area contributed by atoms with E-state index in [-0.39, 0.29) is 6.10 Å². The first-order chi connectivity index (χ1) is 6.03. The van der Waals surface area contributed by atoms with Crippen molar-refractivity contribution in [2.45, 2.75) is 44.8 Å². The highest BCUT2D eigenvalue weighted by Crippen LogP contribution is 2.29. The summed E-state index contributed by atoms with van der Waals surface area (Å²) in [5.41, 5.74) is 4.64. The van der Waals surface area contributed by atoms with Crippen molar-refractivity contribution in [1.82, 2.24) is 0 Å². The van der Waals surface area contributed by atoms with Gasteiger partial charge in [-0.25, -0.2) is 0 Å². The topological polar surface area (TPSA) is 55.5 Å². The predicted octanol–water partition coefficient (Wildman–Crippen LogP) is 0.901. The van der Waals surface area contributed by atoms with E-state index in [1.807, 2.05) is 6.92 Å². The Morgan fingerprint density at radius 3 is 2.69 bits per heavy atom. The number of hydrogen-bond acceptors (Lipinski definition) is 3. The lowest BCUT2D eigenvalue weighted by atomic mass is 9.99. The minimum atomic E-state index is -0.775. The minimum Gasteiger partial charge on any atom is -0.389 e. The van der Waals surface area contributed by atoms with E-state index in [0.717, 1.165) is 12.5 Å². The molecule has 78 valence electrons. The molecule has 1 fully saturated rings. The first kappa shape index (κ1) is 11.0. The molecule has 1 rings (SSSR count). The lowest BCUT2D eigenvalue weighted by Gasteiger charge is -2.25. The van der Waals surface area contributed by atoms with Gasteiger partial charge in [0.05, 0.1) is 11.7 Å². The summed E-state index contributed by atoms with van der Waals surface area (Å²) in [5, 5.41) is 9.67. The van der Waals surface area contributed by atoms with E-state index in [2.05, 4.69) is 0 Å². The average molecular weight is 187 g/mol. The van der Waals surface area contributed by atoms with Gasteiger partial charge in [0.1, 0.15) is 0 Å². The Labute approximate surface area is 80.3 Å². The third-order valence-corrected chi connectivity index (χ3v) is 2.48. The molecule has 0 aromatic heterocycles. The Morgan fingerprint density at radius 1 is 1.62 bits per heavy atom. The van der Waals surface area contributed by atoms with E-state index in [1.54, 1.807) is 6.92 Å². The maximum absolute atomic E-state index is 9.67. The minimum absolute atomic E-state index is 0.110. The molecule has 0 bridgehead atoms. The highest BCUT2D eigenvalue weighted by atomic mass is 16.5. The maximum Gasteiger partial charge on any atom is 0.0765 e. The molecule has 2 unspecified atom stereocenters. The van der Waals surface area contributed by atoms with Gasteiger partial charge in [-0.1, -0.05) is 0 Å². The highest BCUT2D eigenvalue weighted by molar-refractivity contribution is 4.77. The van der Waals surface area contributed by atoms with Gasteiger partial charge >= 0.3 is 0 Å². The van der Waals surface area contributed by atoms with Crippen molar-refractivity contribution in [3.63, 3.8) is 0 Å². The van der Waals surface area contributed by atoms with Gasteiger partial charge in [-0.2, -0.15) is 0 Å². The number of nitrogens with two attached hydrogens (primary N) is 1. The largest absolute Gasteiger partial charge is 0.389 e. The predicted molar refractivity (Wildman–Crippen MR) is 52.4 cm³/mol. The van der Waals surface area contributed by atoms with Crippen LogP contribution in [0.15, 0.2) is 0 Å². The van der Waals surface area contributed by atoms with Gasteiger partial charge in [-0.05, 0) is 32.6 Å². The zero-order valence-electron chi connectivity index (χ0n) is 8.62. The summed E-state index contributed by atoms with van der Waals surface area (Å²) in [5.74, 6) is 0.783. The van der Waals surface area contributed by atoms with E-state index >= 15 is 0 Å². The molecular formula is C10H21NO2. The Bertz CT molecular complexity index is 155. The molecule has 3 nitrogen and oxygen atoms in total. The fourth-order valence-electron chi connectivity index (χ4n) is 1.35. The average Bonchev–Trinajstić information content (AvgIpc) is 2.83. The van der Waals surface area contributed by atoms with Crippen molar-refractivity contribution in [1.29, 1.82) is 0 Å². The van der Waals surface area contributed by atoms with Crippen LogP contribution in [0.3, 0.4) is 0 Å². The van der Waals surface area contributed by atoms with Crippen LogP contribution in [-0.2, 0) is 4.74 Å². The molecule has 0 aliphatic heterocycles. The third kappa shape index (κ3) is 4.60. The van der Waals surface area contributed by atoms with Crippen LogP contribution in [0, 0.1) is 5.92 Å². The van der Waals surface area contributed by atoms with Gasteiger partial charge < -0.3 is 15.6 Å². The molecule has 1 aliphatic carbocycles. The Morgan fingerprint density at radius 2 is 2.23 bits per heavy atom. The third-order valence-electron chi connectivity index (χ3n) is 2.48. The van der Waals surface area contributed by atoms with Crippen molar-refractivity contribution in [2.75, 3.05) is 13.2 Å². The molecule has 3 N–H and O–H groups in total. The van der Waals surface area contributed by atoms with Crippen LogP contribution in [0.1, 0.15) is 33.1 Å². The van der Waals surface area contributed by atoms with Crippen LogP contribution in [0.2, 0.25) is 0 Å². The van der Waals surface area contributed by atoms with Crippen LogP contribution >= 0.6 is 0 Å². The quantitative estimate of drug-likeness (QED) is 0.649. The monoisotopic (exact) mass is 187 g/mol. The van der Waals surface area contributed by atoms with Gasteiger partial charge in [0, 0.05) is 19.6 Å². The SMILES string of the molecule is CC(CC(C)(O)CN)OCC1CC1. The maximum atomic E-state index is 9.67. The van der Waals surface area contributed by atoms with Crippen LogP contribution in [0.4, 0.5) is 0 Å². The molecule has 0 saturated heterocycles. The normalized spacial score (nSPS) is 24.0. The van der Waals surface area contributed by atoms with Gasteiger partial charge in [0.2, 0.25) is 0 Å². The van der Waals surface area contributed by atoms with E-state index in [4.69, 9.17) is 10.5 Å². The molecule has 0 spiro atoms. The molecule has 13 heavy (non-hydrogen) atoms. The van der Waals surface area contributed by atoms with Gasteiger partial charge in [-0.3, -0.25) is 0 Å². The van der Waals surface area contributed by atoms with Crippen LogP contribution in [0.25, 0.3) is 0 Å². The lowest BCUT2D eigenvalue weighted by Crippen LogP contribution is -2.37. The molecule has 1 saturated carbocycles. The van der Waals surface area contributed by atoms with Crippen LogP contribution in [0.5, 0.6) is 0 Å². The molecule has 0 amide bonds. The molecule has 0 heterocycles. The van der Waals surface area contributed by atoms with Crippen molar-refractivity contribution < 1.29 is 9.84 Å². The van der Waals surface area contributed by atoms with E-state index in [1.165, 1.54) is 12.8 Å². The number of ether oxygens (including phenoxy) is 1. The standard InChI is InChI=1S/C10H21NO2/c1-8(5-10(2,12)7-11)13-6-9-3-4-9/h8-9,12H,3-7,11H2,1-2H3. The lowest BCUT2D eigenvalue weighted by molar-refractivity contribution is -0.0203. The smallest absolute Gasteiger partial charge is 0.0765 e. The van der Waals surface area contributed by atoms with Crippen molar-refractivity contribution in [3.05, 3.63) is 0 Å². The van der Waals surface area contributed by atoms with Gasteiger partial charge in [-0.15, -0.1) is 0 Å². The fraction of sp³-hybridized carbons (Fsp3) is 1.00. The molecule has 1 aliphatic rings. The first-order valence-electron chi connectivity index (χ1n) is 5.07. The zero-order valence-corrected chi connectivity index (χ0v) is 8.62. The summed E-state index contributed by atoms with van der Waals surface area (Å²) >= 11 is 0. The van der Waals surface area contributed by atoms with Crippen LogP contribution < -0.4 is 5.73 Å². The summed E-state index contributed by atoms with van der Waals surface area (Å²) in [6.45, 7) is 4.89. The number of rotatable bonds is 6. The molecule has 0 aromatic carbocycles. The zero-order chi connectivity index (χ0) is 9.90. The summed E-state index contributed by atoms with van der Waals surface area (Å²) in [4.78, 5) is 0. The van der Waals surface area contributed by atoms with E-state index in [0.29, 0.717) is 13.0 Å². The van der Waals surface area contributed by atoms with E-state index in [9.17, 15) is 5.11 Å². The van der Waals surface area contributed by atoms with Crippen molar-refractivity contribution >= 4 is 0 Å².